The van der Waals surface area contributed by atoms with E-state index in [2.05, 4.69) is 38.7 Å². The zero-order valence-corrected chi connectivity index (χ0v) is 10.3. The summed E-state index contributed by atoms with van der Waals surface area (Å²) in [6, 6.07) is 0. The smallest absolute Gasteiger partial charge is 0.241 e. The van der Waals surface area contributed by atoms with Crippen molar-refractivity contribution >= 4 is 8.32 Å². The maximum Gasteiger partial charge on any atom is 0.241 e. The lowest BCUT2D eigenvalue weighted by Gasteiger charge is -2.14. The molecule has 0 amide bonds. The minimum Gasteiger partial charge on any atom is -0.550 e. The number of hydrogen-bond donors (Lipinski definition) is 0. The van der Waals surface area contributed by atoms with E-state index < -0.39 is 8.32 Å². The van der Waals surface area contributed by atoms with Crippen LogP contribution in [0.1, 0.15) is 26.2 Å². The monoisotopic (exact) mass is 198 g/mol. The molecule has 0 aliphatic carbocycles. The summed E-state index contributed by atoms with van der Waals surface area (Å²) in [5, 5.41) is 0. The Balaban J connectivity index is 3.46. The summed E-state index contributed by atoms with van der Waals surface area (Å²) < 4.78 is 5.54. The lowest BCUT2D eigenvalue weighted by Crippen LogP contribution is -2.21. The molecule has 0 saturated carbocycles. The van der Waals surface area contributed by atoms with Gasteiger partial charge in [-0.05, 0) is 32.1 Å². The van der Waals surface area contributed by atoms with Crippen LogP contribution in [0.2, 0.25) is 19.6 Å². The first-order valence-corrected chi connectivity index (χ1v) is 8.46. The average Bonchev–Trinajstić information content (AvgIpc) is 2.01. The SMILES string of the molecule is CCCC/C=C/C=C/O[Si](C)(C)C. The summed E-state index contributed by atoms with van der Waals surface area (Å²) in [5.41, 5.74) is 0. The quantitative estimate of drug-likeness (QED) is 0.270. The minimum absolute atomic E-state index is 1.17. The zero-order valence-electron chi connectivity index (χ0n) is 9.34. The van der Waals surface area contributed by atoms with Crippen LogP contribution in [0.25, 0.3) is 0 Å². The van der Waals surface area contributed by atoms with E-state index in [0.717, 1.165) is 0 Å². The van der Waals surface area contributed by atoms with Gasteiger partial charge in [-0.15, -0.1) is 0 Å². The molecule has 0 radical (unpaired) electrons. The molecular weight excluding hydrogens is 176 g/mol. The highest BCUT2D eigenvalue weighted by molar-refractivity contribution is 6.69. The van der Waals surface area contributed by atoms with E-state index in [0.29, 0.717) is 0 Å². The molecule has 0 atom stereocenters. The normalized spacial score (nSPS) is 12.9. The van der Waals surface area contributed by atoms with Crippen LogP contribution in [-0.4, -0.2) is 8.32 Å². The molecular formula is C11H22OSi. The van der Waals surface area contributed by atoms with Crippen LogP contribution in [0.3, 0.4) is 0 Å². The second-order valence-corrected chi connectivity index (χ2v) is 8.59. The largest absolute Gasteiger partial charge is 0.550 e. The molecule has 0 aromatic rings. The molecule has 2 heteroatoms. The van der Waals surface area contributed by atoms with Gasteiger partial charge in [0.25, 0.3) is 0 Å². The molecule has 1 nitrogen and oxygen atoms in total. The second-order valence-electron chi connectivity index (χ2n) is 4.13. The third-order valence-electron chi connectivity index (χ3n) is 1.47. The molecule has 0 N–H and O–H groups in total. The Morgan fingerprint density at radius 1 is 1.15 bits per heavy atom. The van der Waals surface area contributed by atoms with Crippen LogP contribution in [0, 0.1) is 0 Å². The molecule has 0 spiro atoms. The van der Waals surface area contributed by atoms with Crippen LogP contribution in [0.15, 0.2) is 24.5 Å². The summed E-state index contributed by atoms with van der Waals surface area (Å²) in [7, 11) is -1.35. The molecule has 0 saturated heterocycles. The summed E-state index contributed by atoms with van der Waals surface area (Å²) in [4.78, 5) is 0. The Labute approximate surface area is 83.6 Å². The molecule has 0 aromatic heterocycles. The molecule has 76 valence electrons. The van der Waals surface area contributed by atoms with Crippen LogP contribution in [0.4, 0.5) is 0 Å². The zero-order chi connectivity index (χ0) is 10.2. The van der Waals surface area contributed by atoms with Crippen molar-refractivity contribution in [1.29, 1.82) is 0 Å². The summed E-state index contributed by atoms with van der Waals surface area (Å²) >= 11 is 0. The number of allylic oxidation sites excluding steroid dienone is 3. The van der Waals surface area contributed by atoms with Gasteiger partial charge >= 0.3 is 0 Å². The third kappa shape index (κ3) is 11.5. The first kappa shape index (κ1) is 12.5. The maximum absolute atomic E-state index is 5.54. The van der Waals surface area contributed by atoms with Gasteiger partial charge in [-0.2, -0.15) is 0 Å². The van der Waals surface area contributed by atoms with E-state index in [1.165, 1.54) is 19.3 Å². The van der Waals surface area contributed by atoms with Crippen molar-refractivity contribution < 1.29 is 4.43 Å². The fourth-order valence-corrected chi connectivity index (χ4v) is 1.27. The number of unbranched alkanes of at least 4 members (excludes halogenated alkanes) is 2. The van der Waals surface area contributed by atoms with E-state index in [-0.39, 0.29) is 0 Å². The molecule has 0 bridgehead atoms. The van der Waals surface area contributed by atoms with Gasteiger partial charge in [-0.1, -0.05) is 31.9 Å². The maximum atomic E-state index is 5.54. The molecule has 0 unspecified atom stereocenters. The van der Waals surface area contributed by atoms with Crippen molar-refractivity contribution in [3.8, 4) is 0 Å². The average molecular weight is 198 g/mol. The first-order chi connectivity index (χ1) is 6.06. The van der Waals surface area contributed by atoms with Crippen molar-refractivity contribution in [2.75, 3.05) is 0 Å². The Kier molecular flexibility index (Phi) is 6.68. The Morgan fingerprint density at radius 2 is 1.85 bits per heavy atom. The third-order valence-corrected chi connectivity index (χ3v) is 2.31. The van der Waals surface area contributed by atoms with E-state index in [9.17, 15) is 0 Å². The van der Waals surface area contributed by atoms with Gasteiger partial charge in [0.1, 0.15) is 0 Å². The lowest BCUT2D eigenvalue weighted by molar-refractivity contribution is 0.479. The fourth-order valence-electron chi connectivity index (χ4n) is 0.786. The van der Waals surface area contributed by atoms with E-state index in [4.69, 9.17) is 4.43 Å². The van der Waals surface area contributed by atoms with Crippen LogP contribution in [-0.2, 0) is 4.43 Å². The van der Waals surface area contributed by atoms with Gasteiger partial charge in [0.2, 0.25) is 8.32 Å². The molecule has 0 aliphatic rings. The van der Waals surface area contributed by atoms with Crippen molar-refractivity contribution in [3.05, 3.63) is 24.5 Å². The first-order valence-electron chi connectivity index (χ1n) is 5.06. The van der Waals surface area contributed by atoms with E-state index in [1.54, 1.807) is 0 Å². The minimum atomic E-state index is -1.35. The van der Waals surface area contributed by atoms with Crippen molar-refractivity contribution in [2.24, 2.45) is 0 Å². The van der Waals surface area contributed by atoms with Crippen LogP contribution < -0.4 is 0 Å². The van der Waals surface area contributed by atoms with Crippen LogP contribution in [0.5, 0.6) is 0 Å². The Hall–Kier alpha value is -0.503. The van der Waals surface area contributed by atoms with Gasteiger partial charge in [-0.25, -0.2) is 0 Å². The van der Waals surface area contributed by atoms with Crippen molar-refractivity contribution in [1.82, 2.24) is 0 Å². The molecule has 0 rings (SSSR count). The summed E-state index contributed by atoms with van der Waals surface area (Å²) in [6.45, 7) is 8.74. The van der Waals surface area contributed by atoms with E-state index >= 15 is 0 Å². The van der Waals surface area contributed by atoms with Crippen molar-refractivity contribution in [2.45, 2.75) is 45.8 Å². The second kappa shape index (κ2) is 6.95. The molecule has 0 aliphatic heterocycles. The van der Waals surface area contributed by atoms with Gasteiger partial charge in [-0.3, -0.25) is 0 Å². The van der Waals surface area contributed by atoms with Gasteiger partial charge < -0.3 is 4.43 Å². The van der Waals surface area contributed by atoms with Crippen molar-refractivity contribution in [3.63, 3.8) is 0 Å². The van der Waals surface area contributed by atoms with Gasteiger partial charge in [0, 0.05) is 0 Å². The highest BCUT2D eigenvalue weighted by Crippen LogP contribution is 2.02. The number of hydrogen-bond acceptors (Lipinski definition) is 1. The predicted octanol–water partition coefficient (Wildman–Crippen LogP) is 4.10. The molecule has 0 heterocycles. The molecule has 13 heavy (non-hydrogen) atoms. The lowest BCUT2D eigenvalue weighted by atomic mass is 10.2. The standard InChI is InChI=1S/C11H22OSi/c1-5-6-7-8-9-10-11-12-13(2,3)4/h8-11H,5-7H2,1-4H3/b9-8+,11-10+. The molecule has 0 fully saturated rings. The van der Waals surface area contributed by atoms with Crippen LogP contribution >= 0.6 is 0 Å². The molecule has 0 aromatic carbocycles. The Morgan fingerprint density at radius 3 is 2.38 bits per heavy atom. The highest BCUT2D eigenvalue weighted by Gasteiger charge is 2.12. The summed E-state index contributed by atoms with van der Waals surface area (Å²) in [5.74, 6) is 0. The predicted molar refractivity (Wildman–Crippen MR) is 62.2 cm³/mol. The number of rotatable bonds is 6. The van der Waals surface area contributed by atoms with Gasteiger partial charge in [0.15, 0.2) is 0 Å². The van der Waals surface area contributed by atoms with E-state index in [1.807, 2.05) is 12.3 Å². The topological polar surface area (TPSA) is 9.23 Å². The Bertz CT molecular complexity index is 165. The fraction of sp³-hybridized carbons (Fsp3) is 0.636. The summed E-state index contributed by atoms with van der Waals surface area (Å²) in [6.07, 6.45) is 11.8. The van der Waals surface area contributed by atoms with Gasteiger partial charge in [0.05, 0.1) is 6.26 Å². The highest BCUT2D eigenvalue weighted by atomic mass is 28.4.